The molecular weight excluding hydrogens is 1720 g/mol. The third-order valence-electron chi connectivity index (χ3n) is 19.4. The SMILES string of the molecule is C[Si](C)(C)CCOCn1ccnc1N.Cn1c(Br)nc2c1c(=O)n(Cc1cc3c(Cl)cccc3n1C(=O)OC(C)(C)C)c(=O)n2C.Cn1c(Nc2cnc[nH]2)nc2c1c(=O)n(Cc1cc3c(Cl)cccc3[nH]1)c(=O)n2C.Cn1c(Nc2cncn2COCC[Si](C)(C)C)nc2c1c(=O)n(Cc1cc3c(Cl)cccc3n1C(=O)OC(C)(C)C)c(=O)n2C. The van der Waals surface area contributed by atoms with Gasteiger partial charge in [0.15, 0.2) is 38.2 Å². The molecule has 15 rings (SSSR count). The molecule has 0 aliphatic heterocycles. The molecule has 36 nitrogen and oxygen atoms in total. The van der Waals surface area contributed by atoms with Crippen molar-refractivity contribution in [3.05, 3.63) is 210 Å². The number of hydrogen-bond acceptors (Lipinski definition) is 21. The average molecular weight is 1820 g/mol. The molecule has 0 fully saturated rings. The lowest BCUT2D eigenvalue weighted by Gasteiger charge is -2.21. The molecule has 640 valence electrons. The number of anilines is 5. The van der Waals surface area contributed by atoms with Gasteiger partial charge >= 0.3 is 29.3 Å². The largest absolute Gasteiger partial charge is 0.443 e. The van der Waals surface area contributed by atoms with Crippen LogP contribution in [0.15, 0.2) is 144 Å². The fraction of sp³-hybridized carbons (Fsp3) is 0.367. The summed E-state index contributed by atoms with van der Waals surface area (Å²) in [6.07, 6.45) is 8.64. The van der Waals surface area contributed by atoms with Gasteiger partial charge in [-0.2, -0.15) is 9.97 Å². The van der Waals surface area contributed by atoms with Crippen LogP contribution in [-0.4, -0.2) is 152 Å². The van der Waals surface area contributed by atoms with Crippen molar-refractivity contribution in [3.63, 3.8) is 0 Å². The van der Waals surface area contributed by atoms with Gasteiger partial charge in [0.2, 0.25) is 17.8 Å². The number of H-pyrrole nitrogens is 2. The summed E-state index contributed by atoms with van der Waals surface area (Å²) in [5.74, 6) is 2.50. The molecule has 0 radical (unpaired) electrons. The number of halogens is 4. The van der Waals surface area contributed by atoms with E-state index in [1.54, 1.807) is 182 Å². The summed E-state index contributed by atoms with van der Waals surface area (Å²) in [4.78, 5) is 138. The van der Waals surface area contributed by atoms with Crippen molar-refractivity contribution in [2.45, 2.75) is 137 Å². The van der Waals surface area contributed by atoms with Crippen LogP contribution in [0.3, 0.4) is 0 Å². The summed E-state index contributed by atoms with van der Waals surface area (Å²) < 4.78 is 41.4. The van der Waals surface area contributed by atoms with Gasteiger partial charge in [0.1, 0.15) is 36.3 Å². The normalized spacial score (nSPS) is 12.0. The third kappa shape index (κ3) is 19.4. The predicted octanol–water partition coefficient (Wildman–Crippen LogP) is 12.6. The number of nitrogen functional groups attached to an aromatic ring is 1. The first-order valence-corrected chi connectivity index (χ1v) is 47.6. The van der Waals surface area contributed by atoms with E-state index < -0.39 is 73.3 Å². The second-order valence-corrected chi connectivity index (χ2v) is 46.5. The summed E-state index contributed by atoms with van der Waals surface area (Å²) in [6.45, 7) is 26.5. The first-order chi connectivity index (χ1) is 56.9. The number of carbonyl (C=O) groups excluding carboxylic acids is 2. The van der Waals surface area contributed by atoms with Crippen molar-refractivity contribution in [1.82, 2.24) is 99.2 Å². The van der Waals surface area contributed by atoms with Gasteiger partial charge in [-0.1, -0.05) is 92.3 Å². The number of nitrogens with one attached hydrogen (secondary N) is 4. The van der Waals surface area contributed by atoms with Crippen LogP contribution in [0.5, 0.6) is 0 Å². The number of rotatable bonds is 20. The first kappa shape index (κ1) is 88.7. The first-order valence-electron chi connectivity index (χ1n) is 38.3. The van der Waals surface area contributed by atoms with E-state index in [9.17, 15) is 38.4 Å². The number of nitrogens with two attached hydrogens (primary N) is 1. The summed E-state index contributed by atoms with van der Waals surface area (Å²) in [5.41, 5.74) is 5.84. The Labute approximate surface area is 716 Å². The van der Waals surface area contributed by atoms with Crippen LogP contribution in [0.1, 0.15) is 58.6 Å². The highest BCUT2D eigenvalue weighted by atomic mass is 79.9. The molecular formula is C79H96BrCl3N24O12Si2. The Bertz CT molecular complexity index is 6840. The molecule has 0 saturated carbocycles. The number of hydrogen-bond donors (Lipinski definition) is 5. The Morgan fingerprint density at radius 3 is 1.44 bits per heavy atom. The molecule has 0 amide bonds. The Balaban J connectivity index is 0.000000157. The van der Waals surface area contributed by atoms with Gasteiger partial charge in [-0.3, -0.25) is 50.9 Å². The summed E-state index contributed by atoms with van der Waals surface area (Å²) in [7, 11) is 7.57. The Kier molecular flexibility index (Phi) is 25.8. The van der Waals surface area contributed by atoms with E-state index in [1.807, 2.05) is 29.0 Å². The van der Waals surface area contributed by atoms with Gasteiger partial charge in [0.05, 0.1) is 67.1 Å². The van der Waals surface area contributed by atoms with Crippen LogP contribution in [0, 0.1) is 0 Å². The molecule has 0 spiro atoms. The molecule has 0 unspecified atom stereocenters. The minimum Gasteiger partial charge on any atom is -0.443 e. The van der Waals surface area contributed by atoms with Crippen molar-refractivity contribution in [2.75, 3.05) is 29.6 Å². The van der Waals surface area contributed by atoms with E-state index in [1.165, 1.54) is 39.8 Å². The summed E-state index contributed by atoms with van der Waals surface area (Å²) in [5, 5.41) is 9.80. The molecule has 0 saturated heterocycles. The monoisotopic (exact) mass is 1810 g/mol. The van der Waals surface area contributed by atoms with Crippen molar-refractivity contribution in [2.24, 2.45) is 42.3 Å². The highest BCUT2D eigenvalue weighted by Crippen LogP contribution is 2.32. The van der Waals surface area contributed by atoms with Gasteiger partial charge in [0, 0.05) is 126 Å². The van der Waals surface area contributed by atoms with Gasteiger partial charge in [-0.05, 0) is 124 Å². The minimum absolute atomic E-state index is 0.0843. The summed E-state index contributed by atoms with van der Waals surface area (Å²) >= 11 is 22.4. The smallest absolute Gasteiger partial charge is 0.419 e. The molecule has 0 bridgehead atoms. The molecule has 12 aromatic heterocycles. The number of imidazole rings is 6. The lowest BCUT2D eigenvalue weighted by molar-refractivity contribution is 0.0528. The van der Waals surface area contributed by atoms with Crippen molar-refractivity contribution in [3.8, 4) is 0 Å². The number of fused-ring (bicyclic) bond motifs is 6. The number of nitrogens with zero attached hydrogens (tertiary/aromatic N) is 19. The van der Waals surface area contributed by atoms with Gasteiger partial charge < -0.3 is 59.0 Å². The van der Waals surface area contributed by atoms with Crippen LogP contribution in [0.2, 0.25) is 66.4 Å². The quantitative estimate of drug-likeness (QED) is 0.0269. The molecule has 12 heterocycles. The fourth-order valence-electron chi connectivity index (χ4n) is 13.1. The van der Waals surface area contributed by atoms with Crippen LogP contribution in [0.4, 0.5) is 39.1 Å². The molecule has 0 aliphatic carbocycles. The lowest BCUT2D eigenvalue weighted by atomic mass is 10.2. The third-order valence-corrected chi connectivity index (χ3v) is 24.6. The standard InChI is InChI=1S/C30H39ClN8O5Si.C21H21BrClN5O4.C19H17ClN8O2.C9H19N3OSi/c1-30(2,3)44-29(42)39-19(14-20-21(31)10-9-11-22(20)39)16-38-26(40)24-25(36(5)28(38)41)34-27(35(24)4)33-23-15-32-17-37(23)18-43-12-13-45(6,7)8;1-21(2,3)32-20(31)28-11(9-12-13(23)7-6-8-14(12)28)10-27-17(29)15-16(26(5)19(27)30)24-18(22)25(15)4;1-26-15-16(25-18(26)24-14-7-21-9-22-14)27(2)19(30)28(17(15)29)8-10-6-11-12(20)4-3-5-13(11)23-10;1-14(2,3)7-6-13-8-12-5-4-11-9(12)10/h9-11,14-15,17H,12-13,16,18H2,1-8H3,(H,33,34);6-9H,10H2,1-5H3;3-7,9,23H,8H2,1-2H3,(H,21,22)(H,24,25);4-5H,6-8H2,1-3H3,(H2,10,11). The van der Waals surface area contributed by atoms with E-state index in [4.69, 9.17) is 59.5 Å². The average Bonchev–Trinajstić information content (AvgIpc) is 1.55. The number of ether oxygens (including phenoxy) is 4. The van der Waals surface area contributed by atoms with Crippen LogP contribution >= 0.6 is 50.7 Å². The van der Waals surface area contributed by atoms with E-state index in [0.717, 1.165) is 32.7 Å². The zero-order valence-corrected chi connectivity index (χ0v) is 76.1. The number of carbonyl (C=O) groups is 2. The maximum atomic E-state index is 13.9. The van der Waals surface area contributed by atoms with Crippen molar-refractivity contribution >= 4 is 175 Å². The number of aryl methyl sites for hydroxylation is 6. The Morgan fingerprint density at radius 2 is 0.992 bits per heavy atom. The number of benzene rings is 3. The van der Waals surface area contributed by atoms with E-state index in [-0.39, 0.29) is 42.0 Å². The van der Waals surface area contributed by atoms with Gasteiger partial charge in [-0.15, -0.1) is 0 Å². The topological polar surface area (TPSA) is 397 Å². The second-order valence-electron chi connectivity index (χ2n) is 33.3. The fourth-order valence-corrected chi connectivity index (χ4v) is 15.6. The lowest BCUT2D eigenvalue weighted by Crippen LogP contribution is -2.40. The number of aromatic nitrogens is 21. The van der Waals surface area contributed by atoms with E-state index in [2.05, 4.69) is 106 Å². The maximum absolute atomic E-state index is 13.9. The highest BCUT2D eigenvalue weighted by molar-refractivity contribution is 9.10. The zero-order chi connectivity index (χ0) is 88.0. The molecule has 3 aromatic carbocycles. The van der Waals surface area contributed by atoms with Crippen LogP contribution < -0.4 is 50.1 Å². The minimum atomic E-state index is -1.22. The predicted molar refractivity (Wildman–Crippen MR) is 478 cm³/mol. The molecule has 15 aromatic rings. The molecule has 0 aliphatic rings. The van der Waals surface area contributed by atoms with Gasteiger partial charge in [-0.25, -0.2) is 53.0 Å². The Hall–Kier alpha value is -11.6. The molecule has 0 atom stereocenters. The maximum Gasteiger partial charge on any atom is 0.419 e. The zero-order valence-electron chi connectivity index (χ0n) is 70.2. The summed E-state index contributed by atoms with van der Waals surface area (Å²) in [6, 6.07) is 23.3. The van der Waals surface area contributed by atoms with Crippen LogP contribution in [-0.2, 0) is 94.3 Å². The number of aromatic amines is 2. The highest BCUT2D eigenvalue weighted by Gasteiger charge is 2.30. The van der Waals surface area contributed by atoms with Crippen LogP contribution in [0.25, 0.3) is 66.2 Å². The van der Waals surface area contributed by atoms with Gasteiger partial charge in [0.25, 0.3) is 16.7 Å². The second kappa shape index (κ2) is 35.2. The van der Waals surface area contributed by atoms with E-state index >= 15 is 0 Å². The van der Waals surface area contributed by atoms with Crippen molar-refractivity contribution < 1.29 is 28.5 Å². The Morgan fingerprint density at radius 1 is 0.545 bits per heavy atom. The molecule has 6 N–H and O–H groups in total. The van der Waals surface area contributed by atoms with Crippen molar-refractivity contribution in [1.29, 1.82) is 0 Å². The van der Waals surface area contributed by atoms with E-state index in [0.29, 0.717) is 119 Å². The molecule has 121 heavy (non-hydrogen) atoms. The molecule has 42 heteroatoms.